The Labute approximate surface area is 154 Å². The zero-order valence-electron chi connectivity index (χ0n) is 15.0. The lowest BCUT2D eigenvalue weighted by molar-refractivity contribution is -0.135. The van der Waals surface area contributed by atoms with Crippen LogP contribution in [0.4, 0.5) is 0 Å². The van der Waals surface area contributed by atoms with Crippen molar-refractivity contribution in [1.29, 1.82) is 5.26 Å². The Bertz CT molecular complexity index is 804. The van der Waals surface area contributed by atoms with Crippen molar-refractivity contribution in [3.05, 3.63) is 29.8 Å². The van der Waals surface area contributed by atoms with E-state index in [1.807, 2.05) is 22.8 Å². The van der Waals surface area contributed by atoms with E-state index in [1.54, 1.807) is 12.1 Å². The van der Waals surface area contributed by atoms with Crippen LogP contribution < -0.4 is 0 Å². The molecule has 2 saturated heterocycles. The van der Waals surface area contributed by atoms with Crippen molar-refractivity contribution in [2.75, 3.05) is 39.3 Å². The molecule has 0 aromatic heterocycles. The zero-order chi connectivity index (χ0) is 18.7. The predicted octanol–water partition coefficient (Wildman–Crippen LogP) is 0.875. The molecule has 3 rings (SSSR count). The van der Waals surface area contributed by atoms with Crippen LogP contribution in [0.1, 0.15) is 25.3 Å². The third-order valence-corrected chi connectivity index (χ3v) is 7.18. The number of nitrogens with zero attached hydrogens (tertiary/aromatic N) is 4. The maximum atomic E-state index is 12.9. The van der Waals surface area contributed by atoms with Crippen molar-refractivity contribution in [3.8, 4) is 6.07 Å². The number of hydrogen-bond donors (Lipinski definition) is 0. The number of hydrogen-bond acceptors (Lipinski definition) is 5. The summed E-state index contributed by atoms with van der Waals surface area (Å²) in [5, 5.41) is 9.18. The highest BCUT2D eigenvalue weighted by Crippen LogP contribution is 2.22. The Morgan fingerprint density at radius 3 is 2.31 bits per heavy atom. The fourth-order valence-electron chi connectivity index (χ4n) is 3.61. The molecule has 2 heterocycles. The van der Waals surface area contributed by atoms with Crippen LogP contribution >= 0.6 is 0 Å². The van der Waals surface area contributed by atoms with Crippen LogP contribution in [0.5, 0.6) is 0 Å². The van der Waals surface area contributed by atoms with E-state index in [0.29, 0.717) is 26.2 Å². The minimum Gasteiger partial charge on any atom is -0.341 e. The summed E-state index contributed by atoms with van der Waals surface area (Å²) in [6, 6.07) is 7.98. The first-order valence-corrected chi connectivity index (χ1v) is 10.4. The Morgan fingerprint density at radius 2 is 1.69 bits per heavy atom. The smallest absolute Gasteiger partial charge is 0.244 e. The van der Waals surface area contributed by atoms with E-state index in [2.05, 4.69) is 0 Å². The number of rotatable bonds is 4. The Kier molecular flexibility index (Phi) is 5.61. The van der Waals surface area contributed by atoms with E-state index in [4.69, 9.17) is 0 Å². The molecule has 1 atom stereocenters. The highest BCUT2D eigenvalue weighted by molar-refractivity contribution is 7.89. The van der Waals surface area contributed by atoms with Gasteiger partial charge in [-0.3, -0.25) is 9.69 Å². The van der Waals surface area contributed by atoms with Gasteiger partial charge in [0, 0.05) is 39.3 Å². The van der Waals surface area contributed by atoms with Crippen LogP contribution in [0.15, 0.2) is 29.2 Å². The molecule has 0 unspecified atom stereocenters. The van der Waals surface area contributed by atoms with Crippen LogP contribution in [0, 0.1) is 11.3 Å². The van der Waals surface area contributed by atoms with E-state index in [1.165, 1.54) is 16.4 Å². The summed E-state index contributed by atoms with van der Waals surface area (Å²) in [5.41, 5.74) is 0.160. The largest absolute Gasteiger partial charge is 0.341 e. The minimum atomic E-state index is -3.70. The van der Waals surface area contributed by atoms with Crippen molar-refractivity contribution in [2.24, 2.45) is 0 Å². The van der Waals surface area contributed by atoms with Gasteiger partial charge in [0.05, 0.1) is 16.5 Å². The second kappa shape index (κ2) is 7.74. The molecule has 8 heteroatoms. The number of piperazine rings is 1. The maximum absolute atomic E-state index is 12.9. The van der Waals surface area contributed by atoms with Gasteiger partial charge in [0.1, 0.15) is 6.07 Å². The second-order valence-corrected chi connectivity index (χ2v) is 8.66. The van der Waals surface area contributed by atoms with Gasteiger partial charge in [-0.05, 0) is 31.9 Å². The summed E-state index contributed by atoms with van der Waals surface area (Å²) in [5.74, 6) is 0.133. The van der Waals surface area contributed by atoms with Crippen molar-refractivity contribution in [3.63, 3.8) is 0 Å². The lowest BCUT2D eigenvalue weighted by Crippen LogP contribution is -2.55. The molecule has 1 aromatic carbocycles. The third kappa shape index (κ3) is 3.61. The number of likely N-dealkylation sites (tertiary alicyclic amines) is 1. The molecule has 0 bridgehead atoms. The summed E-state index contributed by atoms with van der Waals surface area (Å²) in [7, 11) is -3.70. The molecular formula is C18H24N4O3S. The molecular weight excluding hydrogens is 352 g/mol. The average Bonchev–Trinajstić information content (AvgIpc) is 3.21. The van der Waals surface area contributed by atoms with Crippen LogP contribution in [0.2, 0.25) is 0 Å². The van der Waals surface area contributed by atoms with Gasteiger partial charge in [-0.25, -0.2) is 8.42 Å². The standard InChI is InChI=1S/C18H24N4O3S/c1-15(18(23)21-8-4-5-9-21)20-10-12-22(13-11-20)26(24,25)17-7-3-2-6-16(17)14-19/h2-3,6-7,15H,4-5,8-13H2,1H3/t15-/m1/s1. The summed E-state index contributed by atoms with van der Waals surface area (Å²) in [6.07, 6.45) is 2.12. The van der Waals surface area contributed by atoms with E-state index < -0.39 is 10.0 Å². The molecule has 2 fully saturated rings. The predicted molar refractivity (Wildman–Crippen MR) is 96.8 cm³/mol. The Hall–Kier alpha value is -1.95. The highest BCUT2D eigenvalue weighted by Gasteiger charge is 2.34. The number of nitriles is 1. The quantitative estimate of drug-likeness (QED) is 0.779. The zero-order valence-corrected chi connectivity index (χ0v) is 15.8. The van der Waals surface area contributed by atoms with Gasteiger partial charge >= 0.3 is 0 Å². The molecule has 0 spiro atoms. The normalized spacial score (nSPS) is 20.7. The molecule has 26 heavy (non-hydrogen) atoms. The molecule has 0 N–H and O–H groups in total. The molecule has 0 aliphatic carbocycles. The van der Waals surface area contributed by atoms with E-state index in [-0.39, 0.29) is 22.4 Å². The van der Waals surface area contributed by atoms with E-state index in [0.717, 1.165) is 25.9 Å². The number of sulfonamides is 1. The van der Waals surface area contributed by atoms with Crippen molar-refractivity contribution < 1.29 is 13.2 Å². The molecule has 1 aromatic rings. The molecule has 2 aliphatic heterocycles. The van der Waals surface area contributed by atoms with Gasteiger partial charge in [0.15, 0.2) is 0 Å². The first kappa shape index (κ1) is 18.8. The molecule has 2 aliphatic rings. The van der Waals surface area contributed by atoms with Gasteiger partial charge in [-0.15, -0.1) is 0 Å². The highest BCUT2D eigenvalue weighted by atomic mass is 32.2. The summed E-state index contributed by atoms with van der Waals surface area (Å²) in [6.45, 7) is 5.20. The number of amides is 1. The maximum Gasteiger partial charge on any atom is 0.244 e. The third-order valence-electron chi connectivity index (χ3n) is 5.22. The van der Waals surface area contributed by atoms with Gasteiger partial charge in [-0.2, -0.15) is 9.57 Å². The van der Waals surface area contributed by atoms with E-state index >= 15 is 0 Å². The number of carbonyl (C=O) groups is 1. The fourth-order valence-corrected chi connectivity index (χ4v) is 5.18. The van der Waals surface area contributed by atoms with Gasteiger partial charge in [0.25, 0.3) is 0 Å². The van der Waals surface area contributed by atoms with Gasteiger partial charge in [-0.1, -0.05) is 12.1 Å². The number of benzene rings is 1. The topological polar surface area (TPSA) is 84.7 Å². The second-order valence-electron chi connectivity index (χ2n) is 6.76. The van der Waals surface area contributed by atoms with E-state index in [9.17, 15) is 18.5 Å². The van der Waals surface area contributed by atoms with Crippen LogP contribution in [-0.4, -0.2) is 73.7 Å². The van der Waals surface area contributed by atoms with Gasteiger partial charge < -0.3 is 4.90 Å². The summed E-state index contributed by atoms with van der Waals surface area (Å²) >= 11 is 0. The first-order valence-electron chi connectivity index (χ1n) is 8.97. The van der Waals surface area contributed by atoms with Crippen molar-refractivity contribution in [1.82, 2.24) is 14.1 Å². The summed E-state index contributed by atoms with van der Waals surface area (Å²) < 4.78 is 27.1. The average molecular weight is 376 g/mol. The summed E-state index contributed by atoms with van der Waals surface area (Å²) in [4.78, 5) is 16.5. The monoisotopic (exact) mass is 376 g/mol. The first-order chi connectivity index (χ1) is 12.4. The van der Waals surface area contributed by atoms with Gasteiger partial charge in [0.2, 0.25) is 15.9 Å². The SMILES string of the molecule is C[C@H](C(=O)N1CCCC1)N1CCN(S(=O)(=O)c2ccccc2C#N)CC1. The molecule has 0 saturated carbocycles. The molecule has 1 amide bonds. The lowest BCUT2D eigenvalue weighted by Gasteiger charge is -2.37. The molecule has 140 valence electrons. The van der Waals surface area contributed by atoms with Crippen molar-refractivity contribution in [2.45, 2.75) is 30.7 Å². The molecule has 0 radical (unpaired) electrons. The Morgan fingerprint density at radius 1 is 1.08 bits per heavy atom. The molecule has 7 nitrogen and oxygen atoms in total. The number of carbonyl (C=O) groups excluding carboxylic acids is 1. The lowest BCUT2D eigenvalue weighted by atomic mass is 10.2. The fraction of sp³-hybridized carbons (Fsp3) is 0.556. The van der Waals surface area contributed by atoms with Crippen LogP contribution in [0.3, 0.4) is 0 Å². The minimum absolute atomic E-state index is 0.0529. The van der Waals surface area contributed by atoms with Crippen LogP contribution in [-0.2, 0) is 14.8 Å². The van der Waals surface area contributed by atoms with Crippen molar-refractivity contribution >= 4 is 15.9 Å². The Balaban J connectivity index is 1.66. The van der Waals surface area contributed by atoms with Crippen LogP contribution in [0.25, 0.3) is 0 Å².